The molecule has 8 heteroatoms. The van der Waals surface area contributed by atoms with Gasteiger partial charge in [-0.3, -0.25) is 9.59 Å². The Labute approximate surface area is 186 Å². The maximum absolute atomic E-state index is 12.6. The van der Waals surface area contributed by atoms with Crippen LogP contribution in [0.5, 0.6) is 0 Å². The van der Waals surface area contributed by atoms with Gasteiger partial charge in [0.2, 0.25) is 11.1 Å². The predicted molar refractivity (Wildman–Crippen MR) is 125 cm³/mol. The van der Waals surface area contributed by atoms with Crippen molar-refractivity contribution in [3.8, 4) is 0 Å². The number of nitrogen functional groups attached to an aromatic ring is 1. The number of nitrogens with one attached hydrogen (secondary N) is 1. The van der Waals surface area contributed by atoms with Crippen LogP contribution in [0.3, 0.4) is 0 Å². The van der Waals surface area contributed by atoms with Crippen molar-refractivity contribution in [3.63, 3.8) is 0 Å². The van der Waals surface area contributed by atoms with E-state index in [-0.39, 0.29) is 22.5 Å². The molecule has 3 rings (SSSR count). The number of hydrogen-bond acceptors (Lipinski definition) is 6. The van der Waals surface area contributed by atoms with Gasteiger partial charge in [0, 0.05) is 12.1 Å². The molecule has 2 aromatic carbocycles. The zero-order valence-electron chi connectivity index (χ0n) is 18.2. The Morgan fingerprint density at radius 2 is 1.84 bits per heavy atom. The van der Waals surface area contributed by atoms with Crippen LogP contribution in [-0.2, 0) is 11.2 Å². The molecule has 0 bridgehead atoms. The number of benzene rings is 2. The van der Waals surface area contributed by atoms with Crippen LogP contribution < -0.4 is 16.7 Å². The lowest BCUT2D eigenvalue weighted by Crippen LogP contribution is -2.34. The third-order valence-electron chi connectivity index (χ3n) is 5.16. The molecule has 0 atom stereocenters. The van der Waals surface area contributed by atoms with Gasteiger partial charge < -0.3 is 11.2 Å². The van der Waals surface area contributed by atoms with Gasteiger partial charge in [0.25, 0.3) is 5.56 Å². The van der Waals surface area contributed by atoms with Gasteiger partial charge in [-0.05, 0) is 48.1 Å². The second kappa shape index (κ2) is 9.78. The first-order chi connectivity index (χ1) is 14.8. The Hall–Kier alpha value is -3.13. The zero-order valence-corrected chi connectivity index (χ0v) is 19.0. The summed E-state index contributed by atoms with van der Waals surface area (Å²) in [5, 5.41) is 11.2. The summed E-state index contributed by atoms with van der Waals surface area (Å²) >= 11 is 1.07. The molecule has 3 N–H and O–H groups in total. The standard InChI is InChI=1S/C23H27N5O2S/c1-14(2)18-10-8-17(9-11-18)12-20-22(30)28(24)23(27-26-20)31-13-21(29)25-19-7-5-6-15(3)16(19)4/h5-11,14H,12-13,24H2,1-4H3,(H,25,29). The van der Waals surface area contributed by atoms with Crippen LogP contribution in [0.2, 0.25) is 0 Å². The number of carbonyl (C=O) groups is 1. The molecular weight excluding hydrogens is 410 g/mol. The maximum atomic E-state index is 12.6. The third kappa shape index (κ3) is 5.52. The minimum Gasteiger partial charge on any atom is -0.334 e. The Morgan fingerprint density at radius 3 is 2.52 bits per heavy atom. The summed E-state index contributed by atoms with van der Waals surface area (Å²) in [6, 6.07) is 13.8. The Morgan fingerprint density at radius 1 is 1.13 bits per heavy atom. The van der Waals surface area contributed by atoms with Crippen LogP contribution in [-0.4, -0.2) is 26.5 Å². The van der Waals surface area contributed by atoms with Gasteiger partial charge in [0.1, 0.15) is 5.69 Å². The third-order valence-corrected chi connectivity index (χ3v) is 6.10. The smallest absolute Gasteiger partial charge is 0.294 e. The largest absolute Gasteiger partial charge is 0.334 e. The van der Waals surface area contributed by atoms with Crippen molar-refractivity contribution in [1.82, 2.24) is 14.9 Å². The molecule has 0 aliphatic carbocycles. The summed E-state index contributed by atoms with van der Waals surface area (Å²) in [7, 11) is 0. The second-order valence-electron chi connectivity index (χ2n) is 7.76. The minimum absolute atomic E-state index is 0.0642. The zero-order chi connectivity index (χ0) is 22.5. The highest BCUT2D eigenvalue weighted by atomic mass is 32.2. The van der Waals surface area contributed by atoms with Crippen LogP contribution in [0.25, 0.3) is 0 Å². The summed E-state index contributed by atoms with van der Waals surface area (Å²) in [6.45, 7) is 8.21. The highest BCUT2D eigenvalue weighted by Gasteiger charge is 2.14. The SMILES string of the molecule is Cc1cccc(NC(=O)CSc2nnc(Cc3ccc(C(C)C)cc3)c(=O)n2N)c1C. The van der Waals surface area contributed by atoms with Gasteiger partial charge in [-0.15, -0.1) is 10.2 Å². The average molecular weight is 438 g/mol. The van der Waals surface area contributed by atoms with Gasteiger partial charge >= 0.3 is 0 Å². The van der Waals surface area contributed by atoms with Crippen molar-refractivity contribution >= 4 is 23.4 Å². The topological polar surface area (TPSA) is 103 Å². The van der Waals surface area contributed by atoms with E-state index in [2.05, 4.69) is 29.4 Å². The second-order valence-corrected chi connectivity index (χ2v) is 8.70. The van der Waals surface area contributed by atoms with E-state index < -0.39 is 5.56 Å². The van der Waals surface area contributed by atoms with Gasteiger partial charge in [-0.2, -0.15) is 4.68 Å². The summed E-state index contributed by atoms with van der Waals surface area (Å²) in [4.78, 5) is 24.9. The fourth-order valence-corrected chi connectivity index (χ4v) is 3.70. The summed E-state index contributed by atoms with van der Waals surface area (Å²) in [6.07, 6.45) is 0.347. The highest BCUT2D eigenvalue weighted by molar-refractivity contribution is 7.99. The molecule has 7 nitrogen and oxygen atoms in total. The molecule has 1 amide bonds. The molecule has 0 saturated carbocycles. The molecule has 0 aliphatic rings. The molecule has 1 aromatic heterocycles. The van der Waals surface area contributed by atoms with E-state index in [9.17, 15) is 9.59 Å². The van der Waals surface area contributed by atoms with E-state index in [1.807, 2.05) is 56.3 Å². The van der Waals surface area contributed by atoms with Gasteiger partial charge in [-0.25, -0.2) is 0 Å². The van der Waals surface area contributed by atoms with Crippen molar-refractivity contribution in [2.75, 3.05) is 16.9 Å². The average Bonchev–Trinajstić information content (AvgIpc) is 2.74. The summed E-state index contributed by atoms with van der Waals surface area (Å²) in [5.41, 5.74) is 4.93. The molecule has 0 unspecified atom stereocenters. The van der Waals surface area contributed by atoms with E-state index in [4.69, 9.17) is 5.84 Å². The minimum atomic E-state index is -0.416. The molecule has 0 aliphatic heterocycles. The number of nitrogens with zero attached hydrogens (tertiary/aromatic N) is 3. The molecule has 0 saturated heterocycles. The van der Waals surface area contributed by atoms with Crippen molar-refractivity contribution in [2.24, 2.45) is 0 Å². The first-order valence-corrected chi connectivity index (χ1v) is 11.1. The number of rotatable bonds is 7. The van der Waals surface area contributed by atoms with E-state index >= 15 is 0 Å². The number of amides is 1. The lowest BCUT2D eigenvalue weighted by Gasteiger charge is -2.11. The van der Waals surface area contributed by atoms with E-state index in [0.29, 0.717) is 12.3 Å². The lowest BCUT2D eigenvalue weighted by atomic mass is 10.0. The van der Waals surface area contributed by atoms with Gasteiger partial charge in [0.15, 0.2) is 0 Å². The number of carbonyl (C=O) groups excluding carboxylic acids is 1. The Kier molecular flexibility index (Phi) is 7.12. The monoisotopic (exact) mass is 437 g/mol. The quantitative estimate of drug-likeness (QED) is 0.434. The highest BCUT2D eigenvalue weighted by Crippen LogP contribution is 2.19. The normalized spacial score (nSPS) is 11.0. The molecule has 0 fully saturated rings. The number of nitrogens with two attached hydrogens (primary N) is 1. The van der Waals surface area contributed by atoms with Crippen LogP contribution in [0.4, 0.5) is 5.69 Å². The van der Waals surface area contributed by atoms with Crippen LogP contribution in [0.1, 0.15) is 47.7 Å². The number of aromatic nitrogens is 3. The Balaban J connectivity index is 1.65. The fourth-order valence-electron chi connectivity index (χ4n) is 3.05. The molecule has 1 heterocycles. The van der Waals surface area contributed by atoms with Crippen molar-refractivity contribution < 1.29 is 4.79 Å². The van der Waals surface area contributed by atoms with E-state index in [1.54, 1.807) is 0 Å². The maximum Gasteiger partial charge on any atom is 0.294 e. The number of hydrogen-bond donors (Lipinski definition) is 2. The van der Waals surface area contributed by atoms with Gasteiger partial charge in [0.05, 0.1) is 5.75 Å². The number of aryl methyl sites for hydroxylation is 1. The van der Waals surface area contributed by atoms with Crippen molar-refractivity contribution in [3.05, 3.63) is 80.8 Å². The summed E-state index contributed by atoms with van der Waals surface area (Å²) in [5.74, 6) is 6.23. The molecule has 162 valence electrons. The van der Waals surface area contributed by atoms with E-state index in [0.717, 1.165) is 38.8 Å². The lowest BCUT2D eigenvalue weighted by molar-refractivity contribution is -0.113. The molecular formula is C23H27N5O2S. The predicted octanol–water partition coefficient (Wildman–Crippen LogP) is 3.41. The fraction of sp³-hybridized carbons (Fsp3) is 0.304. The van der Waals surface area contributed by atoms with Crippen LogP contribution >= 0.6 is 11.8 Å². The first-order valence-electron chi connectivity index (χ1n) is 10.1. The molecule has 31 heavy (non-hydrogen) atoms. The number of anilines is 1. The molecule has 0 spiro atoms. The molecule has 0 radical (unpaired) electrons. The van der Waals surface area contributed by atoms with Crippen molar-refractivity contribution in [2.45, 2.75) is 45.2 Å². The Bertz CT molecular complexity index is 1140. The van der Waals surface area contributed by atoms with Crippen LogP contribution in [0, 0.1) is 13.8 Å². The molecule has 3 aromatic rings. The van der Waals surface area contributed by atoms with Crippen molar-refractivity contribution in [1.29, 1.82) is 0 Å². The summed E-state index contributed by atoms with van der Waals surface area (Å²) < 4.78 is 0.959. The van der Waals surface area contributed by atoms with Gasteiger partial charge in [-0.1, -0.05) is 62.0 Å². The van der Waals surface area contributed by atoms with E-state index in [1.165, 1.54) is 5.56 Å². The van der Waals surface area contributed by atoms with Crippen LogP contribution in [0.15, 0.2) is 52.4 Å². The number of thioether (sulfide) groups is 1. The first kappa shape index (κ1) is 22.6.